The van der Waals surface area contributed by atoms with Crippen molar-refractivity contribution < 1.29 is 8.78 Å². The first-order valence-electron chi connectivity index (χ1n) is 3.62. The fourth-order valence-corrected chi connectivity index (χ4v) is 0.719. The molecular formula is C9H13F2N. The second kappa shape index (κ2) is 4.83. The zero-order valence-electron chi connectivity index (χ0n) is 7.06. The molecule has 0 aliphatic rings. The highest BCUT2D eigenvalue weighted by Gasteiger charge is 2.29. The zero-order chi connectivity index (χ0) is 9.61. The third kappa shape index (κ3) is 2.96. The highest BCUT2D eigenvalue weighted by Crippen LogP contribution is 2.23. The Balaban J connectivity index is 4.57. The van der Waals surface area contributed by atoms with Gasteiger partial charge >= 0.3 is 0 Å². The third-order valence-electron chi connectivity index (χ3n) is 1.40. The lowest BCUT2D eigenvalue weighted by Gasteiger charge is -2.14. The van der Waals surface area contributed by atoms with Gasteiger partial charge in [-0.05, 0) is 6.92 Å². The van der Waals surface area contributed by atoms with Crippen LogP contribution in [-0.2, 0) is 0 Å². The van der Waals surface area contributed by atoms with Gasteiger partial charge in [0.05, 0.1) is 6.54 Å². The van der Waals surface area contributed by atoms with E-state index in [0.29, 0.717) is 0 Å². The fraction of sp³-hybridized carbons (Fsp3) is 0.333. The quantitative estimate of drug-likeness (QED) is 0.648. The van der Waals surface area contributed by atoms with Gasteiger partial charge < -0.3 is 5.73 Å². The Hall–Kier alpha value is -0.960. The Labute approximate surface area is 71.3 Å². The molecule has 0 aromatic heterocycles. The highest BCUT2D eigenvalue weighted by atomic mass is 19.3. The van der Waals surface area contributed by atoms with Crippen LogP contribution in [0.15, 0.2) is 36.5 Å². The van der Waals surface area contributed by atoms with Crippen LogP contribution in [0.25, 0.3) is 0 Å². The molecule has 2 N–H and O–H groups in total. The van der Waals surface area contributed by atoms with Gasteiger partial charge in [0.2, 0.25) is 0 Å². The lowest BCUT2D eigenvalue weighted by Crippen LogP contribution is -2.29. The third-order valence-corrected chi connectivity index (χ3v) is 1.40. The predicted molar refractivity (Wildman–Crippen MR) is 47.1 cm³/mol. The maximum Gasteiger partial charge on any atom is 0.284 e. The zero-order valence-corrected chi connectivity index (χ0v) is 7.06. The number of alkyl halides is 2. The number of hydrogen-bond acceptors (Lipinski definition) is 1. The summed E-state index contributed by atoms with van der Waals surface area (Å²) in [6.07, 6.45) is 5.54. The van der Waals surface area contributed by atoms with Gasteiger partial charge in [-0.15, -0.1) is 0 Å². The first-order chi connectivity index (χ1) is 5.58. The normalized spacial score (nSPS) is 13.8. The molecule has 0 aliphatic heterocycles. The summed E-state index contributed by atoms with van der Waals surface area (Å²) in [6.45, 7) is 4.26. The van der Waals surface area contributed by atoms with Crippen molar-refractivity contribution in [1.82, 2.24) is 0 Å². The molecule has 0 radical (unpaired) electrons. The number of hydrogen-bond donors (Lipinski definition) is 1. The SMILES string of the molecule is C=C/C=C\C(=C/C)C(F)(F)CN. The molecule has 0 aromatic carbocycles. The fourth-order valence-electron chi connectivity index (χ4n) is 0.719. The van der Waals surface area contributed by atoms with Crippen molar-refractivity contribution in [2.75, 3.05) is 6.54 Å². The molecule has 0 rings (SSSR count). The summed E-state index contributed by atoms with van der Waals surface area (Å²) >= 11 is 0. The van der Waals surface area contributed by atoms with Crippen LogP contribution in [0, 0.1) is 0 Å². The van der Waals surface area contributed by atoms with E-state index in [-0.39, 0.29) is 5.57 Å². The van der Waals surface area contributed by atoms with Crippen molar-refractivity contribution in [2.45, 2.75) is 12.8 Å². The Morgan fingerprint density at radius 1 is 1.58 bits per heavy atom. The average Bonchev–Trinajstić information content (AvgIpc) is 2.05. The first kappa shape index (κ1) is 11.0. The van der Waals surface area contributed by atoms with Crippen LogP contribution in [0.4, 0.5) is 8.78 Å². The van der Waals surface area contributed by atoms with E-state index < -0.39 is 12.5 Å². The van der Waals surface area contributed by atoms with Crippen LogP contribution in [0.3, 0.4) is 0 Å². The maximum atomic E-state index is 12.9. The van der Waals surface area contributed by atoms with Gasteiger partial charge in [-0.3, -0.25) is 0 Å². The van der Waals surface area contributed by atoms with Crippen LogP contribution < -0.4 is 5.73 Å². The van der Waals surface area contributed by atoms with Crippen LogP contribution in [0.1, 0.15) is 6.92 Å². The largest absolute Gasteiger partial charge is 0.325 e. The van der Waals surface area contributed by atoms with E-state index in [4.69, 9.17) is 5.73 Å². The van der Waals surface area contributed by atoms with Crippen molar-refractivity contribution in [3.05, 3.63) is 36.5 Å². The molecule has 0 fully saturated rings. The molecule has 0 atom stereocenters. The standard InChI is InChI=1S/C9H13F2N/c1-3-5-6-8(4-2)9(10,11)7-12/h3-6H,1,7,12H2,2H3/b6-5-,8-4+. The minimum Gasteiger partial charge on any atom is -0.325 e. The second-order valence-electron chi connectivity index (χ2n) is 2.25. The van der Waals surface area contributed by atoms with Crippen LogP contribution in [-0.4, -0.2) is 12.5 Å². The molecule has 0 amide bonds. The Kier molecular flexibility index (Phi) is 4.44. The van der Waals surface area contributed by atoms with E-state index in [1.165, 1.54) is 24.3 Å². The molecule has 0 heterocycles. The first-order valence-corrected chi connectivity index (χ1v) is 3.62. The van der Waals surface area contributed by atoms with Gasteiger partial charge in [-0.2, -0.15) is 8.78 Å². The Morgan fingerprint density at radius 2 is 2.17 bits per heavy atom. The van der Waals surface area contributed by atoms with Crippen LogP contribution in [0.5, 0.6) is 0 Å². The topological polar surface area (TPSA) is 26.0 Å². The number of allylic oxidation sites excluding steroid dienone is 4. The minimum absolute atomic E-state index is 0.0788. The molecule has 3 heteroatoms. The summed E-state index contributed by atoms with van der Waals surface area (Å²) in [5.41, 5.74) is 4.83. The molecule has 1 nitrogen and oxygen atoms in total. The molecule has 0 bridgehead atoms. The second-order valence-corrected chi connectivity index (χ2v) is 2.25. The molecule has 0 aromatic rings. The van der Waals surface area contributed by atoms with Crippen molar-refractivity contribution >= 4 is 0 Å². The smallest absolute Gasteiger partial charge is 0.284 e. The Bertz CT molecular complexity index is 205. The van der Waals surface area contributed by atoms with Crippen molar-refractivity contribution in [3.63, 3.8) is 0 Å². The monoisotopic (exact) mass is 173 g/mol. The summed E-state index contributed by atoms with van der Waals surface area (Å²) in [4.78, 5) is 0. The summed E-state index contributed by atoms with van der Waals surface area (Å²) in [7, 11) is 0. The average molecular weight is 173 g/mol. The lowest BCUT2D eigenvalue weighted by molar-refractivity contribution is 0.0554. The summed E-state index contributed by atoms with van der Waals surface area (Å²) in [5.74, 6) is -2.94. The van der Waals surface area contributed by atoms with Gasteiger partial charge in [-0.1, -0.05) is 30.9 Å². The molecule has 68 valence electrons. The molecule has 0 saturated heterocycles. The van der Waals surface area contributed by atoms with E-state index in [9.17, 15) is 8.78 Å². The van der Waals surface area contributed by atoms with E-state index in [1.807, 2.05) is 0 Å². The van der Waals surface area contributed by atoms with Gasteiger partial charge in [0.15, 0.2) is 0 Å². The summed E-state index contributed by atoms with van der Waals surface area (Å²) in [6, 6.07) is 0. The minimum atomic E-state index is -2.94. The van der Waals surface area contributed by atoms with Crippen LogP contribution >= 0.6 is 0 Å². The maximum absolute atomic E-state index is 12.9. The van der Waals surface area contributed by atoms with E-state index in [1.54, 1.807) is 6.92 Å². The van der Waals surface area contributed by atoms with Gasteiger partial charge in [0.25, 0.3) is 5.92 Å². The molecule has 0 aliphatic carbocycles. The highest BCUT2D eigenvalue weighted by molar-refractivity contribution is 5.27. The number of rotatable bonds is 4. The molecule has 0 unspecified atom stereocenters. The van der Waals surface area contributed by atoms with E-state index in [0.717, 1.165) is 0 Å². The van der Waals surface area contributed by atoms with Crippen molar-refractivity contribution in [2.24, 2.45) is 5.73 Å². The summed E-state index contributed by atoms with van der Waals surface area (Å²) < 4.78 is 25.7. The van der Waals surface area contributed by atoms with Gasteiger partial charge in [0, 0.05) is 5.57 Å². The Morgan fingerprint density at radius 3 is 2.50 bits per heavy atom. The van der Waals surface area contributed by atoms with Gasteiger partial charge in [0.1, 0.15) is 0 Å². The molecule has 0 spiro atoms. The van der Waals surface area contributed by atoms with Crippen molar-refractivity contribution in [3.8, 4) is 0 Å². The molecule has 12 heavy (non-hydrogen) atoms. The van der Waals surface area contributed by atoms with Gasteiger partial charge in [-0.25, -0.2) is 0 Å². The van der Waals surface area contributed by atoms with E-state index in [2.05, 4.69) is 6.58 Å². The van der Waals surface area contributed by atoms with E-state index >= 15 is 0 Å². The molecular weight excluding hydrogens is 160 g/mol. The summed E-state index contributed by atoms with van der Waals surface area (Å²) in [5, 5.41) is 0. The molecule has 0 saturated carbocycles. The van der Waals surface area contributed by atoms with Crippen molar-refractivity contribution in [1.29, 1.82) is 0 Å². The number of halogens is 2. The predicted octanol–water partition coefficient (Wildman–Crippen LogP) is 2.27. The lowest BCUT2D eigenvalue weighted by atomic mass is 10.1. The number of nitrogens with two attached hydrogens (primary N) is 1. The van der Waals surface area contributed by atoms with Crippen LogP contribution in [0.2, 0.25) is 0 Å².